The molecule has 6 heteroatoms. The Morgan fingerprint density at radius 1 is 1.00 bits per heavy atom. The lowest BCUT2D eigenvalue weighted by Gasteiger charge is -2.07. The van der Waals surface area contributed by atoms with Crippen molar-refractivity contribution < 1.29 is 18.7 Å². The van der Waals surface area contributed by atoms with Crippen molar-refractivity contribution in [1.29, 1.82) is 0 Å². The summed E-state index contributed by atoms with van der Waals surface area (Å²) in [7, 11) is 1.59. The van der Waals surface area contributed by atoms with E-state index in [4.69, 9.17) is 13.9 Å². The minimum Gasteiger partial charge on any atom is -0.497 e. The van der Waals surface area contributed by atoms with Gasteiger partial charge in [-0.05, 0) is 35.4 Å². The first-order valence-corrected chi connectivity index (χ1v) is 9.61. The van der Waals surface area contributed by atoms with Crippen LogP contribution in [0.25, 0.3) is 27.5 Å². The molecule has 0 spiro atoms. The van der Waals surface area contributed by atoms with E-state index in [0.717, 1.165) is 22.5 Å². The first-order valence-electron chi connectivity index (χ1n) is 8.79. The molecule has 29 heavy (non-hydrogen) atoms. The van der Waals surface area contributed by atoms with Crippen LogP contribution in [-0.4, -0.2) is 13.1 Å². The standard InChI is InChI=1S/C23H16O5S/c1-26-17-10-8-16(9-11-17)19-13-18(14-20-22(19)28-23(25)29-20)27-21(24)12-7-15-5-3-2-4-6-15/h2-14H,1H3. The second kappa shape index (κ2) is 8.16. The highest BCUT2D eigenvalue weighted by Crippen LogP contribution is 2.35. The van der Waals surface area contributed by atoms with Crippen molar-refractivity contribution in [1.82, 2.24) is 0 Å². The van der Waals surface area contributed by atoms with E-state index < -0.39 is 10.9 Å². The molecular formula is C23H16O5S. The Balaban J connectivity index is 1.67. The zero-order valence-electron chi connectivity index (χ0n) is 15.5. The maximum Gasteiger partial charge on any atom is 0.396 e. The van der Waals surface area contributed by atoms with Crippen molar-refractivity contribution in [3.63, 3.8) is 0 Å². The average Bonchev–Trinajstić information content (AvgIpc) is 3.12. The maximum absolute atomic E-state index is 12.3. The van der Waals surface area contributed by atoms with Gasteiger partial charge in [0.1, 0.15) is 11.5 Å². The van der Waals surface area contributed by atoms with E-state index in [2.05, 4.69) is 0 Å². The Hall–Kier alpha value is -3.64. The number of carbonyl (C=O) groups is 1. The largest absolute Gasteiger partial charge is 0.497 e. The summed E-state index contributed by atoms with van der Waals surface area (Å²) in [4.78, 5) is 23.6. The molecule has 0 radical (unpaired) electrons. The van der Waals surface area contributed by atoms with Crippen molar-refractivity contribution in [3.05, 3.63) is 88.1 Å². The van der Waals surface area contributed by atoms with Crippen LogP contribution in [-0.2, 0) is 4.79 Å². The van der Waals surface area contributed by atoms with Crippen molar-refractivity contribution in [2.75, 3.05) is 7.11 Å². The molecule has 0 N–H and O–H groups in total. The van der Waals surface area contributed by atoms with Gasteiger partial charge in [0, 0.05) is 17.7 Å². The number of fused-ring (bicyclic) bond motifs is 1. The molecule has 0 bridgehead atoms. The molecule has 0 aliphatic heterocycles. The van der Waals surface area contributed by atoms with Gasteiger partial charge in [-0.25, -0.2) is 9.59 Å². The van der Waals surface area contributed by atoms with Crippen LogP contribution in [0.1, 0.15) is 5.56 Å². The second-order valence-corrected chi connectivity index (χ2v) is 7.12. The zero-order valence-corrected chi connectivity index (χ0v) is 16.3. The van der Waals surface area contributed by atoms with Gasteiger partial charge < -0.3 is 13.9 Å². The highest BCUT2D eigenvalue weighted by molar-refractivity contribution is 7.16. The maximum atomic E-state index is 12.3. The molecule has 0 aliphatic rings. The summed E-state index contributed by atoms with van der Waals surface area (Å²) in [6.07, 6.45) is 3.05. The average molecular weight is 404 g/mol. The molecule has 4 rings (SSSR count). The Bertz CT molecular complexity index is 1230. The number of methoxy groups -OCH3 is 1. The first kappa shape index (κ1) is 18.7. The number of hydrogen-bond acceptors (Lipinski definition) is 6. The smallest absolute Gasteiger partial charge is 0.396 e. The lowest BCUT2D eigenvalue weighted by molar-refractivity contribution is -0.128. The number of benzene rings is 3. The fraction of sp³-hybridized carbons (Fsp3) is 0.0435. The normalized spacial score (nSPS) is 11.1. The van der Waals surface area contributed by atoms with E-state index in [-0.39, 0.29) is 0 Å². The fourth-order valence-electron chi connectivity index (χ4n) is 2.87. The predicted molar refractivity (Wildman–Crippen MR) is 113 cm³/mol. The topological polar surface area (TPSA) is 65.7 Å². The third kappa shape index (κ3) is 4.28. The Morgan fingerprint density at radius 2 is 1.76 bits per heavy atom. The SMILES string of the molecule is COc1ccc(-c2cc(OC(=O)C=Cc3ccccc3)cc3sc(=O)oc23)cc1. The molecule has 0 amide bonds. The Morgan fingerprint density at radius 3 is 2.48 bits per heavy atom. The van der Waals surface area contributed by atoms with Gasteiger partial charge in [0.05, 0.1) is 11.8 Å². The summed E-state index contributed by atoms with van der Waals surface area (Å²) >= 11 is 0.964. The minimum absolute atomic E-state index is 0.336. The summed E-state index contributed by atoms with van der Waals surface area (Å²) in [6, 6.07) is 20.1. The second-order valence-electron chi connectivity index (χ2n) is 6.15. The number of esters is 1. The highest BCUT2D eigenvalue weighted by atomic mass is 32.1. The molecule has 1 heterocycles. The highest BCUT2D eigenvalue weighted by Gasteiger charge is 2.14. The molecular weight excluding hydrogens is 388 g/mol. The number of hydrogen-bond donors (Lipinski definition) is 0. The van der Waals surface area contributed by atoms with Crippen LogP contribution < -0.4 is 14.4 Å². The molecule has 4 aromatic rings. The molecule has 1 aromatic heterocycles. The van der Waals surface area contributed by atoms with Crippen molar-refractivity contribution in [2.45, 2.75) is 0 Å². The third-order valence-corrected chi connectivity index (χ3v) is 5.01. The lowest BCUT2D eigenvalue weighted by atomic mass is 10.0. The van der Waals surface area contributed by atoms with E-state index in [9.17, 15) is 9.59 Å². The summed E-state index contributed by atoms with van der Waals surface area (Å²) in [5.41, 5.74) is 2.84. The van der Waals surface area contributed by atoms with Crippen LogP contribution >= 0.6 is 11.3 Å². The summed E-state index contributed by atoms with van der Waals surface area (Å²) < 4.78 is 16.6. The van der Waals surface area contributed by atoms with Crippen LogP contribution in [0.15, 0.2) is 82.0 Å². The minimum atomic E-state index is -0.510. The van der Waals surface area contributed by atoms with E-state index in [1.54, 1.807) is 25.3 Å². The summed E-state index contributed by atoms with van der Waals surface area (Å²) in [6.45, 7) is 0. The number of ether oxygens (including phenoxy) is 2. The molecule has 0 aliphatic carbocycles. The molecule has 144 valence electrons. The molecule has 0 saturated carbocycles. The van der Waals surface area contributed by atoms with Crippen LogP contribution in [0, 0.1) is 0 Å². The van der Waals surface area contributed by atoms with E-state index in [1.165, 1.54) is 6.08 Å². The van der Waals surface area contributed by atoms with Crippen LogP contribution in [0.4, 0.5) is 0 Å². The lowest BCUT2D eigenvalue weighted by Crippen LogP contribution is -2.03. The quantitative estimate of drug-likeness (QED) is 0.261. The van der Waals surface area contributed by atoms with Gasteiger partial charge in [0.2, 0.25) is 0 Å². The number of carbonyl (C=O) groups excluding carboxylic acids is 1. The van der Waals surface area contributed by atoms with E-state index in [0.29, 0.717) is 27.3 Å². The summed E-state index contributed by atoms with van der Waals surface area (Å²) in [5, 5.41) is 0. The van der Waals surface area contributed by atoms with Crippen molar-refractivity contribution >= 4 is 33.7 Å². The Kier molecular flexibility index (Phi) is 5.27. The molecule has 0 unspecified atom stereocenters. The van der Waals surface area contributed by atoms with Gasteiger partial charge in [-0.2, -0.15) is 0 Å². The van der Waals surface area contributed by atoms with Gasteiger partial charge in [0.15, 0.2) is 5.58 Å². The zero-order chi connectivity index (χ0) is 20.2. The molecule has 5 nitrogen and oxygen atoms in total. The van der Waals surface area contributed by atoms with Crippen molar-refractivity contribution in [2.24, 2.45) is 0 Å². The van der Waals surface area contributed by atoms with Gasteiger partial charge in [-0.1, -0.05) is 53.8 Å². The van der Waals surface area contributed by atoms with Gasteiger partial charge in [-0.3, -0.25) is 0 Å². The van der Waals surface area contributed by atoms with Gasteiger partial charge in [-0.15, -0.1) is 0 Å². The van der Waals surface area contributed by atoms with Crippen LogP contribution in [0.3, 0.4) is 0 Å². The predicted octanol–water partition coefficient (Wildman–Crippen LogP) is 5.15. The molecule has 3 aromatic carbocycles. The monoisotopic (exact) mass is 404 g/mol. The van der Waals surface area contributed by atoms with Gasteiger partial charge in [0.25, 0.3) is 0 Å². The van der Waals surface area contributed by atoms with E-state index in [1.807, 2.05) is 54.6 Å². The molecule has 0 saturated heterocycles. The van der Waals surface area contributed by atoms with Crippen LogP contribution in [0.5, 0.6) is 11.5 Å². The summed E-state index contributed by atoms with van der Waals surface area (Å²) in [5.74, 6) is 0.540. The third-order valence-electron chi connectivity index (χ3n) is 4.24. The van der Waals surface area contributed by atoms with Crippen molar-refractivity contribution in [3.8, 4) is 22.6 Å². The first-order chi connectivity index (χ1) is 14.1. The molecule has 0 atom stereocenters. The fourth-order valence-corrected chi connectivity index (χ4v) is 3.60. The Labute approximate surface area is 170 Å². The molecule has 0 fully saturated rings. The van der Waals surface area contributed by atoms with E-state index >= 15 is 0 Å². The van der Waals surface area contributed by atoms with Crippen LogP contribution in [0.2, 0.25) is 0 Å². The van der Waals surface area contributed by atoms with Gasteiger partial charge >= 0.3 is 10.9 Å². The number of rotatable bonds is 5.